The second-order valence-corrected chi connectivity index (χ2v) is 45.7. The first-order valence-electron chi connectivity index (χ1n) is 16.1. The van der Waals surface area contributed by atoms with E-state index >= 15 is 0 Å². The Hall–Kier alpha value is 2.45. The van der Waals surface area contributed by atoms with Crippen molar-refractivity contribution >= 4 is 162 Å². The minimum atomic E-state index is -4.76. The maximum atomic E-state index is 11.6. The van der Waals surface area contributed by atoms with Crippen LogP contribution in [-0.2, 0) is 127 Å². The van der Waals surface area contributed by atoms with Gasteiger partial charge in [0.15, 0.2) is 0 Å². The lowest BCUT2D eigenvalue weighted by Gasteiger charge is -2.42. The first kappa shape index (κ1) is 53.1. The Balaban J connectivity index is 1.77. The first-order chi connectivity index (χ1) is 28.0. The number of rotatable bonds is 17. The van der Waals surface area contributed by atoms with Crippen molar-refractivity contribution in [1.29, 1.82) is 0 Å². The van der Waals surface area contributed by atoms with E-state index < -0.39 is 162 Å². The Morgan fingerprint density at radius 1 is 0.552 bits per heavy atom. The average Bonchev–Trinajstić information content (AvgIpc) is 3.21. The van der Waals surface area contributed by atoms with Gasteiger partial charge in [0.25, 0.3) is 30.0 Å². The Bertz CT molecular complexity index is 1140. The molecular formula is C10H48O31Si17. The molecule has 4 bridgehead atoms. The highest BCUT2D eigenvalue weighted by Crippen LogP contribution is 2.28. The van der Waals surface area contributed by atoms with Crippen molar-refractivity contribution < 1.29 is 132 Å². The van der Waals surface area contributed by atoms with E-state index in [1.165, 1.54) is 56.9 Å². The molecule has 5 rings (SSSR count). The SMILES string of the molecule is CO[SiH2]OCO[SiH2]O[Si](OC)(OC)O[SiH]1O[SiH](OC)O[Si]2(O[SiH]3O[SiH2]O[SiH](OC)O[Si](OC)(OC)O[SiH](OC)O[SiH]4O[SiH](O[SiH2]O[SiH2]O[SiH](O3)O[Si](O)(OC)O4)O2)O1. The molecule has 58 heavy (non-hydrogen) atoms. The van der Waals surface area contributed by atoms with Gasteiger partial charge in [-0.05, 0) is 0 Å². The quantitative estimate of drug-likeness (QED) is 0.0804. The van der Waals surface area contributed by atoms with Crippen molar-refractivity contribution in [3.8, 4) is 0 Å². The van der Waals surface area contributed by atoms with Crippen molar-refractivity contribution in [2.75, 3.05) is 70.8 Å². The molecule has 0 aromatic carbocycles. The second kappa shape index (κ2) is 27.2. The van der Waals surface area contributed by atoms with Crippen LogP contribution in [0.5, 0.6) is 0 Å². The third-order valence-corrected chi connectivity index (χ3v) is 45.4. The molecule has 0 radical (unpaired) electrons. The summed E-state index contributed by atoms with van der Waals surface area (Å²) < 4.78 is 176. The van der Waals surface area contributed by atoms with E-state index in [9.17, 15) is 4.80 Å². The largest absolute Gasteiger partial charge is 0.663 e. The number of hydrogen-bond acceptors (Lipinski definition) is 31. The molecule has 5 fully saturated rings. The van der Waals surface area contributed by atoms with Crippen LogP contribution in [0.2, 0.25) is 0 Å². The predicted octanol–water partition coefficient (Wildman–Crippen LogP) is -12.4. The van der Waals surface area contributed by atoms with Crippen LogP contribution in [0.25, 0.3) is 0 Å². The lowest BCUT2D eigenvalue weighted by molar-refractivity contribution is 0.00381. The molecule has 5 aliphatic rings. The van der Waals surface area contributed by atoms with E-state index in [-0.39, 0.29) is 6.79 Å². The van der Waals surface area contributed by atoms with E-state index in [1.807, 2.05) is 0 Å². The summed E-state index contributed by atoms with van der Waals surface area (Å²) >= 11 is 0. The standard InChI is InChI=1S/C10H48O31Si17/c1-12-42-21-10-22-43-28-56(17-6,18-7)40-54-30-49(15-4)37-58(41-54)38-51-25-45-23-44-24-50-31-52(39-58)27-46-26-47(13-2)35-57(19-8,20-9)36-48(14-3)29-53(32-51)34-55(11,16-5)33-50/h11,47-54H,10,42-46H2,1-9H3. The van der Waals surface area contributed by atoms with E-state index in [4.69, 9.17) is 127 Å². The Morgan fingerprint density at radius 2 is 1.10 bits per heavy atom. The van der Waals surface area contributed by atoms with Crippen LogP contribution in [0.4, 0.5) is 0 Å². The highest BCUT2D eigenvalue weighted by molar-refractivity contribution is 6.83. The maximum absolute atomic E-state index is 11.6. The summed E-state index contributed by atoms with van der Waals surface area (Å²) in [4.78, 5) is 11.6. The third-order valence-electron chi connectivity index (χ3n) is 6.57. The smallest absolute Gasteiger partial charge is 0.425 e. The monoisotopic (exact) mass is 1140 g/mol. The van der Waals surface area contributed by atoms with Gasteiger partial charge < -0.3 is 132 Å². The molecular weight excluding hydrogens is 1090 g/mol. The summed E-state index contributed by atoms with van der Waals surface area (Å²) in [6.45, 7) is -0.0658. The third kappa shape index (κ3) is 16.7. The first-order valence-corrected chi connectivity index (χ1v) is 39.7. The zero-order chi connectivity index (χ0) is 42.1. The molecule has 1 spiro atoms. The lowest BCUT2D eigenvalue weighted by atomic mass is 11.6. The number of hydrogen-bond donors (Lipinski definition) is 1. The zero-order valence-electron chi connectivity index (χ0n) is 32.6. The van der Waals surface area contributed by atoms with Gasteiger partial charge in [-0.25, -0.2) is 0 Å². The van der Waals surface area contributed by atoms with E-state index in [1.54, 1.807) is 0 Å². The minimum absolute atomic E-state index is 0.0658. The zero-order valence-corrected chi connectivity index (χ0v) is 52.9. The average molecular weight is 1140 g/mol. The second-order valence-electron chi connectivity index (χ2n) is 10.1. The van der Waals surface area contributed by atoms with Crippen molar-refractivity contribution in [3.63, 3.8) is 0 Å². The predicted molar refractivity (Wildman–Crippen MR) is 216 cm³/mol. The fourth-order valence-electron chi connectivity index (χ4n) is 3.96. The van der Waals surface area contributed by atoms with Crippen LogP contribution in [0.1, 0.15) is 0 Å². The topological polar surface area (TPSA) is 297 Å². The van der Waals surface area contributed by atoms with E-state index in [0.29, 0.717) is 0 Å². The van der Waals surface area contributed by atoms with Crippen LogP contribution in [0.15, 0.2) is 0 Å². The highest BCUT2D eigenvalue weighted by Gasteiger charge is 2.64. The van der Waals surface area contributed by atoms with Crippen LogP contribution >= 0.6 is 0 Å². The van der Waals surface area contributed by atoms with Crippen molar-refractivity contribution in [2.24, 2.45) is 0 Å². The molecule has 0 aliphatic carbocycles. The lowest BCUT2D eigenvalue weighted by Crippen LogP contribution is -2.70. The van der Waals surface area contributed by atoms with Crippen molar-refractivity contribution in [3.05, 3.63) is 0 Å². The Morgan fingerprint density at radius 3 is 1.71 bits per heavy atom. The molecule has 342 valence electrons. The fourth-order valence-corrected chi connectivity index (χ4v) is 50.8. The normalized spacial score (nSPS) is 37.8. The van der Waals surface area contributed by atoms with Gasteiger partial charge in [0.05, 0.1) is 0 Å². The maximum Gasteiger partial charge on any atom is 0.663 e. The summed E-state index contributed by atoms with van der Waals surface area (Å²) in [5, 5.41) is 0. The van der Waals surface area contributed by atoms with E-state index in [2.05, 4.69) is 0 Å². The van der Waals surface area contributed by atoms with Gasteiger partial charge >= 0.3 is 132 Å². The molecule has 10 unspecified atom stereocenters. The van der Waals surface area contributed by atoms with Gasteiger partial charge in [-0.15, -0.1) is 0 Å². The van der Waals surface area contributed by atoms with E-state index in [0.717, 1.165) is 7.11 Å². The van der Waals surface area contributed by atoms with Crippen LogP contribution in [0, 0.1) is 0 Å². The molecule has 5 heterocycles. The molecule has 5 saturated heterocycles. The molecule has 48 heteroatoms. The molecule has 1 N–H and O–H groups in total. The molecule has 0 aromatic rings. The fraction of sp³-hybridized carbons (Fsp3) is 1.00. The van der Waals surface area contributed by atoms with Crippen LogP contribution in [0.3, 0.4) is 0 Å². The Kier molecular flexibility index (Phi) is 24.9. The number of fused-ring (bicyclic) bond motifs is 6. The molecule has 5 aliphatic heterocycles. The highest BCUT2D eigenvalue weighted by atomic mass is 28.6. The van der Waals surface area contributed by atoms with Crippen molar-refractivity contribution in [1.82, 2.24) is 0 Å². The molecule has 10 atom stereocenters. The molecule has 0 aromatic heterocycles. The van der Waals surface area contributed by atoms with Crippen LogP contribution < -0.4 is 0 Å². The van der Waals surface area contributed by atoms with Gasteiger partial charge in [-0.3, -0.25) is 0 Å². The van der Waals surface area contributed by atoms with Gasteiger partial charge in [-0.1, -0.05) is 0 Å². The van der Waals surface area contributed by atoms with Gasteiger partial charge in [-0.2, -0.15) is 0 Å². The van der Waals surface area contributed by atoms with Gasteiger partial charge in [0, 0.05) is 64.0 Å². The molecule has 0 amide bonds. The summed E-state index contributed by atoms with van der Waals surface area (Å²) in [5.41, 5.74) is 0. The Labute approximate surface area is 363 Å². The summed E-state index contributed by atoms with van der Waals surface area (Å²) in [6, 6.07) is 0. The van der Waals surface area contributed by atoms with Gasteiger partial charge in [0.2, 0.25) is 0 Å². The minimum Gasteiger partial charge on any atom is -0.425 e. The molecule has 31 nitrogen and oxygen atoms in total. The summed E-state index contributed by atoms with van der Waals surface area (Å²) in [6.07, 6.45) is 0. The molecule has 0 saturated carbocycles. The van der Waals surface area contributed by atoms with Crippen LogP contribution in [-0.4, -0.2) is 238 Å². The van der Waals surface area contributed by atoms with Gasteiger partial charge in [0.1, 0.15) is 6.79 Å². The van der Waals surface area contributed by atoms with Crippen molar-refractivity contribution in [2.45, 2.75) is 0 Å². The summed E-state index contributed by atoms with van der Waals surface area (Å²) in [7, 11) is -43.4. The summed E-state index contributed by atoms with van der Waals surface area (Å²) in [5.74, 6) is 0.